The van der Waals surface area contributed by atoms with Gasteiger partial charge in [-0.3, -0.25) is 0 Å². The monoisotopic (exact) mass is 157 g/mol. The maximum Gasteiger partial charge on any atom is 0.0991 e. The summed E-state index contributed by atoms with van der Waals surface area (Å²) in [7, 11) is 0. The van der Waals surface area contributed by atoms with E-state index < -0.39 is 0 Å². The number of hydrogen-bond acceptors (Lipinski definition) is 1. The fourth-order valence-electron chi connectivity index (χ4n) is 1.14. The van der Waals surface area contributed by atoms with Gasteiger partial charge in [-0.1, -0.05) is 6.07 Å². The van der Waals surface area contributed by atoms with E-state index in [-0.39, 0.29) is 0 Å². The lowest BCUT2D eigenvalue weighted by Gasteiger charge is -2.01. The van der Waals surface area contributed by atoms with Gasteiger partial charge in [-0.25, -0.2) is 4.98 Å². The molecule has 0 unspecified atom stereocenters. The molecule has 0 saturated heterocycles. The standard InChI is InChI=1S/C10H9N2/c1-9-3-2-4-10(7-9)12-6-5-11-8-12/h2,4-8H,1H3. The zero-order valence-electron chi connectivity index (χ0n) is 6.86. The predicted octanol–water partition coefficient (Wildman–Crippen LogP) is 1.98. The Morgan fingerprint density at radius 3 is 3.08 bits per heavy atom. The van der Waals surface area contributed by atoms with Gasteiger partial charge in [0.1, 0.15) is 0 Å². The second-order valence-electron chi connectivity index (χ2n) is 2.70. The summed E-state index contributed by atoms with van der Waals surface area (Å²) >= 11 is 0. The predicted molar refractivity (Wildman–Crippen MR) is 47.1 cm³/mol. The molecule has 0 saturated carbocycles. The van der Waals surface area contributed by atoms with Gasteiger partial charge in [-0.2, -0.15) is 0 Å². The highest BCUT2D eigenvalue weighted by atomic mass is 15.0. The Balaban J connectivity index is 2.48. The molecule has 2 heteroatoms. The number of hydrogen-bond donors (Lipinski definition) is 0. The van der Waals surface area contributed by atoms with Gasteiger partial charge in [0.2, 0.25) is 0 Å². The Labute approximate surface area is 71.5 Å². The summed E-state index contributed by atoms with van der Waals surface area (Å²) in [5, 5.41) is 0. The van der Waals surface area contributed by atoms with Gasteiger partial charge in [0.05, 0.1) is 6.33 Å². The number of aromatic nitrogens is 2. The Morgan fingerprint density at radius 2 is 2.42 bits per heavy atom. The minimum Gasteiger partial charge on any atom is -0.306 e. The van der Waals surface area contributed by atoms with E-state index in [1.165, 1.54) is 0 Å². The summed E-state index contributed by atoms with van der Waals surface area (Å²) in [6, 6.07) is 9.10. The van der Waals surface area contributed by atoms with Crippen LogP contribution in [0.4, 0.5) is 0 Å². The molecular formula is C10H9N2. The molecule has 2 nitrogen and oxygen atoms in total. The molecule has 1 aromatic carbocycles. The average Bonchev–Trinajstić information content (AvgIpc) is 2.56. The minimum atomic E-state index is 1.13. The van der Waals surface area contributed by atoms with Crippen molar-refractivity contribution in [3.05, 3.63) is 48.5 Å². The number of aryl methyl sites for hydroxylation is 1. The van der Waals surface area contributed by atoms with E-state index in [4.69, 9.17) is 0 Å². The Bertz CT molecular complexity index is 363. The molecule has 0 amide bonds. The molecular weight excluding hydrogens is 148 g/mol. The molecule has 0 aliphatic rings. The first-order valence-corrected chi connectivity index (χ1v) is 3.83. The number of nitrogens with zero attached hydrogens (tertiary/aromatic N) is 2. The van der Waals surface area contributed by atoms with Gasteiger partial charge in [-0.15, -0.1) is 0 Å². The number of rotatable bonds is 1. The molecule has 0 N–H and O–H groups in total. The molecule has 0 bridgehead atoms. The van der Waals surface area contributed by atoms with Crippen LogP contribution in [-0.4, -0.2) is 9.55 Å². The van der Waals surface area contributed by atoms with Crippen molar-refractivity contribution in [2.45, 2.75) is 6.92 Å². The first-order chi connectivity index (χ1) is 5.86. The highest BCUT2D eigenvalue weighted by Crippen LogP contribution is 2.07. The Morgan fingerprint density at radius 1 is 1.50 bits per heavy atom. The molecule has 2 rings (SSSR count). The second kappa shape index (κ2) is 2.81. The summed E-state index contributed by atoms with van der Waals surface area (Å²) in [6.45, 7) is 2.03. The summed E-state index contributed by atoms with van der Waals surface area (Å²) in [6.07, 6.45) is 5.48. The molecule has 0 spiro atoms. The van der Waals surface area contributed by atoms with Crippen molar-refractivity contribution in [2.24, 2.45) is 0 Å². The summed E-state index contributed by atoms with van der Waals surface area (Å²) in [5.74, 6) is 0. The zero-order valence-corrected chi connectivity index (χ0v) is 6.86. The van der Waals surface area contributed by atoms with Crippen molar-refractivity contribution in [1.82, 2.24) is 9.55 Å². The number of benzene rings is 1. The van der Waals surface area contributed by atoms with Crippen molar-refractivity contribution >= 4 is 0 Å². The molecule has 0 aliphatic heterocycles. The normalized spacial score (nSPS) is 10.1. The van der Waals surface area contributed by atoms with E-state index in [1.807, 2.05) is 29.8 Å². The van der Waals surface area contributed by atoms with Crippen LogP contribution < -0.4 is 0 Å². The first-order valence-electron chi connectivity index (χ1n) is 3.83. The first kappa shape index (κ1) is 7.10. The van der Waals surface area contributed by atoms with Crippen LogP contribution in [0.15, 0.2) is 36.9 Å². The largest absolute Gasteiger partial charge is 0.306 e. The molecule has 1 heterocycles. The van der Waals surface area contributed by atoms with Gasteiger partial charge in [0, 0.05) is 18.1 Å². The van der Waals surface area contributed by atoms with E-state index in [0.717, 1.165) is 11.3 Å². The fraction of sp³-hybridized carbons (Fsp3) is 0.100. The van der Waals surface area contributed by atoms with Gasteiger partial charge in [-0.05, 0) is 30.7 Å². The third-order valence-electron chi connectivity index (χ3n) is 1.73. The van der Waals surface area contributed by atoms with Crippen LogP contribution in [0, 0.1) is 13.0 Å². The van der Waals surface area contributed by atoms with Gasteiger partial charge in [0.25, 0.3) is 0 Å². The third kappa shape index (κ3) is 1.23. The summed E-state index contributed by atoms with van der Waals surface area (Å²) < 4.78 is 1.97. The summed E-state index contributed by atoms with van der Waals surface area (Å²) in [5.41, 5.74) is 2.27. The second-order valence-corrected chi connectivity index (χ2v) is 2.70. The quantitative estimate of drug-likeness (QED) is 0.619. The van der Waals surface area contributed by atoms with Crippen LogP contribution in [-0.2, 0) is 0 Å². The topological polar surface area (TPSA) is 17.8 Å². The van der Waals surface area contributed by atoms with Crippen molar-refractivity contribution in [3.8, 4) is 5.69 Å². The van der Waals surface area contributed by atoms with E-state index in [1.54, 1.807) is 12.5 Å². The van der Waals surface area contributed by atoms with E-state index in [0.29, 0.717) is 0 Å². The smallest absolute Gasteiger partial charge is 0.0991 e. The van der Waals surface area contributed by atoms with Crippen LogP contribution in [0.1, 0.15) is 5.56 Å². The van der Waals surface area contributed by atoms with Crippen LogP contribution in [0.5, 0.6) is 0 Å². The SMILES string of the molecule is Cc1[c]ccc(-n2ccnc2)c1. The Kier molecular flexibility index (Phi) is 1.67. The van der Waals surface area contributed by atoms with Gasteiger partial charge < -0.3 is 4.57 Å². The average molecular weight is 157 g/mol. The van der Waals surface area contributed by atoms with Crippen LogP contribution in [0.3, 0.4) is 0 Å². The molecule has 12 heavy (non-hydrogen) atoms. The lowest BCUT2D eigenvalue weighted by molar-refractivity contribution is 1.05. The molecule has 59 valence electrons. The van der Waals surface area contributed by atoms with Crippen LogP contribution in [0.25, 0.3) is 5.69 Å². The van der Waals surface area contributed by atoms with Crippen molar-refractivity contribution in [1.29, 1.82) is 0 Å². The highest BCUT2D eigenvalue weighted by molar-refractivity contribution is 5.34. The van der Waals surface area contributed by atoms with E-state index in [2.05, 4.69) is 17.1 Å². The van der Waals surface area contributed by atoms with Gasteiger partial charge in [0.15, 0.2) is 0 Å². The third-order valence-corrected chi connectivity index (χ3v) is 1.73. The van der Waals surface area contributed by atoms with Crippen LogP contribution in [0.2, 0.25) is 0 Å². The molecule has 0 atom stereocenters. The Hall–Kier alpha value is -1.57. The molecule has 1 radical (unpaired) electrons. The van der Waals surface area contributed by atoms with Crippen molar-refractivity contribution in [2.75, 3.05) is 0 Å². The molecule has 0 aliphatic carbocycles. The molecule has 0 fully saturated rings. The maximum absolute atomic E-state index is 3.98. The highest BCUT2D eigenvalue weighted by Gasteiger charge is 1.93. The summed E-state index contributed by atoms with van der Waals surface area (Å²) in [4.78, 5) is 3.98. The van der Waals surface area contributed by atoms with E-state index in [9.17, 15) is 0 Å². The minimum absolute atomic E-state index is 1.13. The van der Waals surface area contributed by atoms with Crippen molar-refractivity contribution in [3.63, 3.8) is 0 Å². The van der Waals surface area contributed by atoms with Gasteiger partial charge >= 0.3 is 0 Å². The zero-order chi connectivity index (χ0) is 8.39. The number of imidazole rings is 1. The fourth-order valence-corrected chi connectivity index (χ4v) is 1.14. The maximum atomic E-state index is 3.98. The molecule has 2 aromatic rings. The lowest BCUT2D eigenvalue weighted by Crippen LogP contribution is -1.89. The van der Waals surface area contributed by atoms with E-state index >= 15 is 0 Å². The van der Waals surface area contributed by atoms with Crippen LogP contribution >= 0.6 is 0 Å². The molecule has 1 aromatic heterocycles. The lowest BCUT2D eigenvalue weighted by atomic mass is 10.2. The van der Waals surface area contributed by atoms with Crippen molar-refractivity contribution < 1.29 is 0 Å².